The second-order valence-corrected chi connectivity index (χ2v) is 4.33. The van der Waals surface area contributed by atoms with E-state index in [1.165, 1.54) is 0 Å². The molecule has 1 amide bonds. The summed E-state index contributed by atoms with van der Waals surface area (Å²) in [6.07, 6.45) is 1.62. The van der Waals surface area contributed by atoms with Crippen LogP contribution in [0.3, 0.4) is 0 Å². The number of amides is 1. The van der Waals surface area contributed by atoms with Crippen LogP contribution in [0.2, 0.25) is 0 Å². The van der Waals surface area contributed by atoms with Crippen LogP contribution in [0.25, 0.3) is 0 Å². The maximum atomic E-state index is 11.7. The van der Waals surface area contributed by atoms with E-state index in [9.17, 15) is 4.79 Å². The number of carbonyl (C=O) groups excluding carboxylic acids is 1. The summed E-state index contributed by atoms with van der Waals surface area (Å²) in [5, 5.41) is 11.6. The van der Waals surface area contributed by atoms with Gasteiger partial charge < -0.3 is 10.2 Å². The molecule has 0 aliphatic rings. The van der Waals surface area contributed by atoms with Crippen LogP contribution in [0.5, 0.6) is 0 Å². The van der Waals surface area contributed by atoms with Crippen molar-refractivity contribution in [1.82, 2.24) is 10.3 Å². The van der Waals surface area contributed by atoms with Gasteiger partial charge in [-0.3, -0.25) is 9.78 Å². The van der Waals surface area contributed by atoms with Gasteiger partial charge >= 0.3 is 0 Å². The first kappa shape index (κ1) is 15.0. The van der Waals surface area contributed by atoms with Crippen molar-refractivity contribution in [2.75, 3.05) is 24.5 Å². The molecule has 0 spiro atoms. The van der Waals surface area contributed by atoms with Crippen LogP contribution >= 0.6 is 0 Å². The SMILES string of the molecule is CCNC(=O)c1cc(N(CC)CC(C)C#N)ccn1. The fourth-order valence-electron chi connectivity index (χ4n) is 1.78. The highest BCUT2D eigenvalue weighted by Gasteiger charge is 2.12. The van der Waals surface area contributed by atoms with Gasteiger partial charge in [-0.25, -0.2) is 0 Å². The lowest BCUT2D eigenvalue weighted by Crippen LogP contribution is -2.29. The monoisotopic (exact) mass is 260 g/mol. The molecule has 0 bridgehead atoms. The zero-order valence-electron chi connectivity index (χ0n) is 11.7. The number of hydrogen-bond donors (Lipinski definition) is 1. The molecule has 5 heteroatoms. The fourth-order valence-corrected chi connectivity index (χ4v) is 1.78. The Bertz CT molecular complexity index is 467. The number of nitrogens with zero attached hydrogens (tertiary/aromatic N) is 3. The molecular weight excluding hydrogens is 240 g/mol. The van der Waals surface area contributed by atoms with Crippen LogP contribution in [0, 0.1) is 17.2 Å². The highest BCUT2D eigenvalue weighted by Crippen LogP contribution is 2.16. The van der Waals surface area contributed by atoms with Gasteiger partial charge in [0.15, 0.2) is 0 Å². The van der Waals surface area contributed by atoms with E-state index in [0.717, 1.165) is 12.2 Å². The minimum atomic E-state index is -0.172. The third kappa shape index (κ3) is 4.25. The van der Waals surface area contributed by atoms with Crippen LogP contribution in [0.1, 0.15) is 31.3 Å². The minimum absolute atomic E-state index is 0.0546. The number of pyridine rings is 1. The van der Waals surface area contributed by atoms with Crippen LogP contribution < -0.4 is 10.2 Å². The van der Waals surface area contributed by atoms with Gasteiger partial charge in [0.05, 0.1) is 12.0 Å². The number of nitrogens with one attached hydrogen (secondary N) is 1. The van der Waals surface area contributed by atoms with E-state index >= 15 is 0 Å². The zero-order valence-corrected chi connectivity index (χ0v) is 11.7. The lowest BCUT2D eigenvalue weighted by Gasteiger charge is -2.24. The molecule has 1 N–H and O–H groups in total. The first-order valence-electron chi connectivity index (χ1n) is 6.51. The van der Waals surface area contributed by atoms with Gasteiger partial charge in [-0.1, -0.05) is 0 Å². The van der Waals surface area contributed by atoms with E-state index in [0.29, 0.717) is 18.8 Å². The Balaban J connectivity index is 2.90. The van der Waals surface area contributed by atoms with E-state index in [1.54, 1.807) is 12.3 Å². The largest absolute Gasteiger partial charge is 0.370 e. The summed E-state index contributed by atoms with van der Waals surface area (Å²) in [7, 11) is 0. The Morgan fingerprint density at radius 1 is 1.58 bits per heavy atom. The Morgan fingerprint density at radius 2 is 2.32 bits per heavy atom. The summed E-state index contributed by atoms with van der Waals surface area (Å²) in [4.78, 5) is 17.9. The highest BCUT2D eigenvalue weighted by molar-refractivity contribution is 5.93. The van der Waals surface area contributed by atoms with Crippen molar-refractivity contribution < 1.29 is 4.79 Å². The molecule has 1 atom stereocenters. The Hall–Kier alpha value is -2.09. The molecule has 0 saturated heterocycles. The van der Waals surface area contributed by atoms with Crippen LogP contribution in [-0.2, 0) is 0 Å². The summed E-state index contributed by atoms with van der Waals surface area (Å²) in [5.41, 5.74) is 1.32. The highest BCUT2D eigenvalue weighted by atomic mass is 16.1. The van der Waals surface area contributed by atoms with E-state index in [-0.39, 0.29) is 11.8 Å². The molecule has 0 fully saturated rings. The van der Waals surface area contributed by atoms with E-state index in [1.807, 2.05) is 26.8 Å². The zero-order chi connectivity index (χ0) is 14.3. The second kappa shape index (κ2) is 7.37. The second-order valence-electron chi connectivity index (χ2n) is 4.33. The van der Waals surface area contributed by atoms with Gasteiger partial charge in [0.1, 0.15) is 5.69 Å². The van der Waals surface area contributed by atoms with Crippen molar-refractivity contribution in [3.8, 4) is 6.07 Å². The predicted molar refractivity (Wildman–Crippen MR) is 74.9 cm³/mol. The maximum Gasteiger partial charge on any atom is 0.269 e. The lowest BCUT2D eigenvalue weighted by atomic mass is 10.2. The van der Waals surface area contributed by atoms with Crippen molar-refractivity contribution >= 4 is 11.6 Å². The quantitative estimate of drug-likeness (QED) is 0.847. The summed E-state index contributed by atoms with van der Waals surface area (Å²) >= 11 is 0. The Kier molecular flexibility index (Phi) is 5.80. The van der Waals surface area contributed by atoms with E-state index < -0.39 is 0 Å². The average Bonchev–Trinajstić information content (AvgIpc) is 2.44. The van der Waals surface area contributed by atoms with Gasteiger partial charge in [0, 0.05) is 31.5 Å². The molecule has 0 aliphatic heterocycles. The molecular formula is C14H20N4O. The molecule has 1 heterocycles. The first-order valence-corrected chi connectivity index (χ1v) is 6.51. The summed E-state index contributed by atoms with van der Waals surface area (Å²) in [6, 6.07) is 5.84. The third-order valence-electron chi connectivity index (χ3n) is 2.77. The Morgan fingerprint density at radius 3 is 2.89 bits per heavy atom. The number of aromatic nitrogens is 1. The van der Waals surface area contributed by atoms with Gasteiger partial charge in [-0.05, 0) is 32.9 Å². The molecule has 102 valence electrons. The third-order valence-corrected chi connectivity index (χ3v) is 2.77. The van der Waals surface area contributed by atoms with Gasteiger partial charge in [0.25, 0.3) is 5.91 Å². The summed E-state index contributed by atoms with van der Waals surface area (Å²) < 4.78 is 0. The number of anilines is 1. The van der Waals surface area contributed by atoms with Crippen molar-refractivity contribution in [3.05, 3.63) is 24.0 Å². The molecule has 1 rings (SSSR count). The minimum Gasteiger partial charge on any atom is -0.370 e. The van der Waals surface area contributed by atoms with Gasteiger partial charge in [0.2, 0.25) is 0 Å². The number of carbonyl (C=O) groups is 1. The van der Waals surface area contributed by atoms with Crippen LogP contribution in [0.4, 0.5) is 5.69 Å². The number of rotatable bonds is 6. The Labute approximate surface area is 114 Å². The fraction of sp³-hybridized carbons (Fsp3) is 0.500. The summed E-state index contributed by atoms with van der Waals surface area (Å²) in [6.45, 7) is 7.78. The molecule has 1 aromatic heterocycles. The van der Waals surface area contributed by atoms with Crippen molar-refractivity contribution in [1.29, 1.82) is 5.26 Å². The van der Waals surface area contributed by atoms with Gasteiger partial charge in [-0.2, -0.15) is 5.26 Å². The number of hydrogen-bond acceptors (Lipinski definition) is 4. The molecule has 0 radical (unpaired) electrons. The molecule has 19 heavy (non-hydrogen) atoms. The normalized spacial score (nSPS) is 11.5. The van der Waals surface area contributed by atoms with Crippen molar-refractivity contribution in [2.45, 2.75) is 20.8 Å². The van der Waals surface area contributed by atoms with Gasteiger partial charge in [-0.15, -0.1) is 0 Å². The molecule has 0 aromatic carbocycles. The topological polar surface area (TPSA) is 69.0 Å². The van der Waals surface area contributed by atoms with Crippen molar-refractivity contribution in [3.63, 3.8) is 0 Å². The summed E-state index contributed by atoms with van der Waals surface area (Å²) in [5.74, 6) is -0.227. The molecule has 1 unspecified atom stereocenters. The molecule has 0 aliphatic carbocycles. The standard InChI is InChI=1S/C14H20N4O/c1-4-16-14(19)13-8-12(6-7-17-13)18(5-2)10-11(3)9-15/h6-8,11H,4-5,10H2,1-3H3,(H,16,19). The molecule has 5 nitrogen and oxygen atoms in total. The first-order chi connectivity index (χ1) is 9.12. The lowest BCUT2D eigenvalue weighted by molar-refractivity contribution is 0.0951. The molecule has 0 saturated carbocycles. The maximum absolute atomic E-state index is 11.7. The average molecular weight is 260 g/mol. The van der Waals surface area contributed by atoms with Crippen LogP contribution in [0.15, 0.2) is 18.3 Å². The van der Waals surface area contributed by atoms with E-state index in [2.05, 4.69) is 21.3 Å². The van der Waals surface area contributed by atoms with Crippen molar-refractivity contribution in [2.24, 2.45) is 5.92 Å². The van der Waals surface area contributed by atoms with Crippen LogP contribution in [-0.4, -0.2) is 30.5 Å². The predicted octanol–water partition coefficient (Wildman–Crippen LogP) is 1.82. The molecule has 1 aromatic rings. The number of nitriles is 1. The van der Waals surface area contributed by atoms with E-state index in [4.69, 9.17) is 5.26 Å². The smallest absolute Gasteiger partial charge is 0.269 e.